The molecule has 0 fully saturated rings. The minimum atomic E-state index is -0.585. The number of carbonyl (C=O) groups is 3. The van der Waals surface area contributed by atoms with Gasteiger partial charge >= 0.3 is 6.03 Å². The van der Waals surface area contributed by atoms with Crippen LogP contribution in [-0.4, -0.2) is 74.6 Å². The summed E-state index contributed by atoms with van der Waals surface area (Å²) in [7, 11) is 0. The lowest BCUT2D eigenvalue weighted by molar-refractivity contribution is 0.101. The van der Waals surface area contributed by atoms with Crippen LogP contribution in [0.1, 0.15) is 37.4 Å². The number of urea groups is 1. The molecular formula is C36H34N10O3. The number of rotatable bonds is 9. The van der Waals surface area contributed by atoms with Crippen molar-refractivity contribution in [1.82, 2.24) is 16.0 Å². The van der Waals surface area contributed by atoms with E-state index in [4.69, 9.17) is 0 Å². The summed E-state index contributed by atoms with van der Waals surface area (Å²) in [5, 5.41) is 21.1. The number of nitrogens with zero attached hydrogens (tertiary/aromatic N) is 3. The maximum absolute atomic E-state index is 13.6. The molecule has 4 amide bonds. The first-order chi connectivity index (χ1) is 24.0. The highest BCUT2D eigenvalue weighted by Crippen LogP contribution is 2.23. The fraction of sp³-hybridized carbons (Fsp3) is 0.167. The molecule has 0 radical (unpaired) electrons. The van der Waals surface area contributed by atoms with E-state index in [-0.39, 0.29) is 16.8 Å². The highest BCUT2D eigenvalue weighted by atomic mass is 16.2. The molecule has 0 unspecified atom stereocenters. The van der Waals surface area contributed by atoms with Gasteiger partial charge in [-0.05, 0) is 78.9 Å². The maximum Gasteiger partial charge on any atom is 0.323 e. The number of aliphatic imine (C=N–C) groups is 3. The number of nitrogens with one attached hydrogen (secondary N) is 7. The van der Waals surface area contributed by atoms with E-state index in [0.717, 1.165) is 66.9 Å². The van der Waals surface area contributed by atoms with E-state index in [1.54, 1.807) is 36.4 Å². The molecule has 4 aromatic carbocycles. The van der Waals surface area contributed by atoms with E-state index in [2.05, 4.69) is 52.2 Å². The predicted octanol–water partition coefficient (Wildman–Crippen LogP) is 3.88. The van der Waals surface area contributed by atoms with Crippen molar-refractivity contribution in [2.24, 2.45) is 15.0 Å². The number of hydrogen-bond acceptors (Lipinski definition) is 9. The van der Waals surface area contributed by atoms with Crippen molar-refractivity contribution in [2.75, 3.05) is 60.5 Å². The molecule has 0 aliphatic carbocycles. The number of amidine groups is 3. The van der Waals surface area contributed by atoms with Crippen molar-refractivity contribution in [3.05, 3.63) is 119 Å². The Morgan fingerprint density at radius 3 is 1.61 bits per heavy atom. The lowest BCUT2D eigenvalue weighted by atomic mass is 10.1. The number of amides is 4. The fourth-order valence-electron chi connectivity index (χ4n) is 5.61. The molecular weight excluding hydrogens is 620 g/mol. The molecule has 0 saturated heterocycles. The van der Waals surface area contributed by atoms with Gasteiger partial charge in [0.1, 0.15) is 17.5 Å². The van der Waals surface area contributed by atoms with Crippen LogP contribution in [0.2, 0.25) is 0 Å². The maximum atomic E-state index is 13.6. The molecule has 3 aliphatic rings. The van der Waals surface area contributed by atoms with Crippen molar-refractivity contribution in [1.29, 1.82) is 0 Å². The Kier molecular flexibility index (Phi) is 8.95. The van der Waals surface area contributed by atoms with Crippen LogP contribution in [0.3, 0.4) is 0 Å². The van der Waals surface area contributed by atoms with Gasteiger partial charge in [-0.2, -0.15) is 0 Å². The summed E-state index contributed by atoms with van der Waals surface area (Å²) < 4.78 is 0. The number of benzene rings is 4. The van der Waals surface area contributed by atoms with Crippen LogP contribution in [0.25, 0.3) is 0 Å². The quantitative estimate of drug-likeness (QED) is 0.144. The van der Waals surface area contributed by atoms with Crippen molar-refractivity contribution in [3.63, 3.8) is 0 Å². The standard InChI is InChI=1S/C36H34N10O3/c47-34(43-26-9-4-22(5-10-26)31-37-14-15-38-31)25-8-13-29(35(48)44-27-11-6-23(7-12-27)32-39-16-17-40-32)30(21-25)46-36(49)45-28-3-1-2-24(20-28)33-41-18-19-42-33/h1-13,20-21H,14-19H2,(H,37,38)(H,39,40)(H,41,42)(H,43,47)(H,44,48)(H2,45,46,49). The van der Waals surface area contributed by atoms with Gasteiger partial charge in [-0.1, -0.05) is 12.1 Å². The molecule has 7 N–H and O–H groups in total. The molecule has 7 rings (SSSR count). The highest BCUT2D eigenvalue weighted by molar-refractivity contribution is 6.14. The van der Waals surface area contributed by atoms with Gasteiger partial charge in [0.2, 0.25) is 0 Å². The Morgan fingerprint density at radius 2 is 1.06 bits per heavy atom. The van der Waals surface area contributed by atoms with Gasteiger partial charge in [0.05, 0.1) is 30.9 Å². The number of anilines is 4. The van der Waals surface area contributed by atoms with Crippen LogP contribution in [0, 0.1) is 0 Å². The average molecular weight is 655 g/mol. The van der Waals surface area contributed by atoms with Gasteiger partial charge in [-0.25, -0.2) is 4.79 Å². The molecule has 13 nitrogen and oxygen atoms in total. The Morgan fingerprint density at radius 1 is 0.510 bits per heavy atom. The third kappa shape index (κ3) is 7.41. The first-order valence-corrected chi connectivity index (χ1v) is 16.0. The summed E-state index contributed by atoms with van der Waals surface area (Å²) >= 11 is 0. The molecule has 4 aromatic rings. The summed E-state index contributed by atoms with van der Waals surface area (Å²) in [4.78, 5) is 53.5. The average Bonchev–Trinajstić information content (AvgIpc) is 3.94. The van der Waals surface area contributed by atoms with Gasteiger partial charge < -0.3 is 37.2 Å². The second kappa shape index (κ2) is 14.1. The van der Waals surface area contributed by atoms with E-state index >= 15 is 0 Å². The van der Waals surface area contributed by atoms with Crippen LogP contribution in [0.5, 0.6) is 0 Å². The first-order valence-electron chi connectivity index (χ1n) is 16.0. The zero-order chi connectivity index (χ0) is 33.6. The van der Waals surface area contributed by atoms with E-state index < -0.39 is 17.8 Å². The van der Waals surface area contributed by atoms with Crippen LogP contribution in [0.15, 0.2) is 106 Å². The van der Waals surface area contributed by atoms with Crippen LogP contribution < -0.4 is 37.2 Å². The summed E-state index contributed by atoms with van der Waals surface area (Å²) in [6.07, 6.45) is 0. The molecule has 0 saturated carbocycles. The zero-order valence-corrected chi connectivity index (χ0v) is 26.5. The third-order valence-electron chi connectivity index (χ3n) is 8.02. The second-order valence-corrected chi connectivity index (χ2v) is 11.5. The fourth-order valence-corrected chi connectivity index (χ4v) is 5.61. The Labute approximate surface area is 282 Å². The van der Waals surface area contributed by atoms with E-state index in [1.165, 1.54) is 12.1 Å². The Hall–Kier alpha value is -6.50. The number of carbonyl (C=O) groups excluding carboxylic acids is 3. The SMILES string of the molecule is O=C(Nc1cccc(C2=NCCN2)c1)Nc1cc(C(=O)Nc2ccc(C3=NCCN3)cc2)ccc1C(=O)Nc1ccc(C2=NCCN2)cc1. The zero-order valence-electron chi connectivity index (χ0n) is 26.5. The molecule has 3 aliphatic heterocycles. The van der Waals surface area contributed by atoms with Crippen molar-refractivity contribution >= 4 is 58.1 Å². The molecule has 13 heteroatoms. The molecule has 49 heavy (non-hydrogen) atoms. The molecule has 246 valence electrons. The third-order valence-corrected chi connectivity index (χ3v) is 8.02. The van der Waals surface area contributed by atoms with Crippen LogP contribution in [0.4, 0.5) is 27.5 Å². The molecule has 0 aromatic heterocycles. The smallest absolute Gasteiger partial charge is 0.323 e. The normalized spacial score (nSPS) is 14.7. The molecule has 0 atom stereocenters. The van der Waals surface area contributed by atoms with Crippen molar-refractivity contribution in [2.45, 2.75) is 0 Å². The van der Waals surface area contributed by atoms with E-state index in [9.17, 15) is 14.4 Å². The van der Waals surface area contributed by atoms with Gasteiger partial charge in [0, 0.05) is 59.0 Å². The van der Waals surface area contributed by atoms with Gasteiger partial charge in [0.15, 0.2) is 0 Å². The summed E-state index contributed by atoms with van der Waals surface area (Å²) in [6, 6.07) is 25.9. The minimum absolute atomic E-state index is 0.155. The molecule has 3 heterocycles. The second-order valence-electron chi connectivity index (χ2n) is 11.5. The summed E-state index contributed by atoms with van der Waals surface area (Å²) in [5.41, 5.74) is 4.96. The van der Waals surface area contributed by atoms with Crippen molar-refractivity contribution in [3.8, 4) is 0 Å². The molecule has 0 bridgehead atoms. The van der Waals surface area contributed by atoms with E-state index in [0.29, 0.717) is 23.6 Å². The minimum Gasteiger partial charge on any atom is -0.368 e. The Balaban J connectivity index is 1.10. The topological polar surface area (TPSA) is 173 Å². The highest BCUT2D eigenvalue weighted by Gasteiger charge is 2.19. The lowest BCUT2D eigenvalue weighted by Crippen LogP contribution is -2.24. The van der Waals surface area contributed by atoms with Crippen molar-refractivity contribution < 1.29 is 14.4 Å². The van der Waals surface area contributed by atoms with Crippen LogP contribution in [-0.2, 0) is 0 Å². The number of hydrogen-bond donors (Lipinski definition) is 7. The summed E-state index contributed by atoms with van der Waals surface area (Å²) in [5.74, 6) is 1.54. The first kappa shape index (κ1) is 31.1. The predicted molar refractivity (Wildman–Crippen MR) is 193 cm³/mol. The van der Waals surface area contributed by atoms with Gasteiger partial charge in [0.25, 0.3) is 11.8 Å². The largest absolute Gasteiger partial charge is 0.368 e. The monoisotopic (exact) mass is 654 g/mol. The van der Waals surface area contributed by atoms with E-state index in [1.807, 2.05) is 42.5 Å². The molecule has 0 spiro atoms. The Bertz CT molecular complexity index is 2000. The van der Waals surface area contributed by atoms with Crippen LogP contribution >= 0.6 is 0 Å². The summed E-state index contributed by atoms with van der Waals surface area (Å²) in [6.45, 7) is 4.51. The van der Waals surface area contributed by atoms with Gasteiger partial charge in [-0.3, -0.25) is 24.6 Å². The lowest BCUT2D eigenvalue weighted by Gasteiger charge is -2.15. The van der Waals surface area contributed by atoms with Gasteiger partial charge in [-0.15, -0.1) is 0 Å².